The summed E-state index contributed by atoms with van der Waals surface area (Å²) in [6.07, 6.45) is 6.29. The van der Waals surface area contributed by atoms with E-state index in [1.807, 2.05) is 13.0 Å². The minimum Gasteiger partial charge on any atom is -0.352 e. The molecule has 5 nitrogen and oxygen atoms in total. The number of benzene rings is 1. The maximum absolute atomic E-state index is 11.9. The molecule has 1 aromatic heterocycles. The number of carbonyl (C=O) groups excluding carboxylic acids is 1. The van der Waals surface area contributed by atoms with Crippen LogP contribution in [0.3, 0.4) is 0 Å². The second-order valence-electron chi connectivity index (χ2n) is 5.41. The Morgan fingerprint density at radius 3 is 2.82 bits per heavy atom. The molecule has 5 heteroatoms. The summed E-state index contributed by atoms with van der Waals surface area (Å²) in [6.45, 7) is 3.59. The number of hydrogen-bond donors (Lipinski definition) is 1. The fourth-order valence-electron chi connectivity index (χ4n) is 2.66. The van der Waals surface area contributed by atoms with Crippen molar-refractivity contribution in [2.45, 2.75) is 26.2 Å². The minimum absolute atomic E-state index is 0.118. The molecule has 2 heterocycles. The first-order valence-corrected chi connectivity index (χ1v) is 7.75. The van der Waals surface area contributed by atoms with E-state index in [0.29, 0.717) is 18.1 Å². The fourth-order valence-corrected chi connectivity index (χ4v) is 2.66. The Morgan fingerprint density at radius 2 is 2.05 bits per heavy atom. The summed E-state index contributed by atoms with van der Waals surface area (Å²) in [5, 5.41) is 2.83. The van der Waals surface area contributed by atoms with Crippen molar-refractivity contribution in [2.75, 3.05) is 18.0 Å². The van der Waals surface area contributed by atoms with Crippen LogP contribution in [0.5, 0.6) is 0 Å². The molecule has 0 fully saturated rings. The highest BCUT2D eigenvalue weighted by Crippen LogP contribution is 2.30. The maximum atomic E-state index is 11.9. The second kappa shape index (κ2) is 6.56. The van der Waals surface area contributed by atoms with Crippen molar-refractivity contribution in [1.82, 2.24) is 15.3 Å². The van der Waals surface area contributed by atoms with Crippen LogP contribution in [0.2, 0.25) is 0 Å². The van der Waals surface area contributed by atoms with E-state index in [9.17, 15) is 4.79 Å². The molecule has 0 unspecified atom stereocenters. The molecule has 2 aromatic rings. The van der Waals surface area contributed by atoms with Gasteiger partial charge in [-0.2, -0.15) is 0 Å². The zero-order valence-electron chi connectivity index (χ0n) is 12.7. The summed E-state index contributed by atoms with van der Waals surface area (Å²) in [7, 11) is 0. The summed E-state index contributed by atoms with van der Waals surface area (Å²) in [6, 6.07) is 8.34. The van der Waals surface area contributed by atoms with E-state index < -0.39 is 0 Å². The lowest BCUT2D eigenvalue weighted by molar-refractivity contribution is 0.0953. The number of aryl methyl sites for hydroxylation is 1. The fraction of sp³-hybridized carbons (Fsp3) is 0.353. The molecular weight excluding hydrogens is 276 g/mol. The molecule has 1 amide bonds. The lowest BCUT2D eigenvalue weighted by Crippen LogP contribution is -2.27. The molecule has 0 aliphatic carbocycles. The summed E-state index contributed by atoms with van der Waals surface area (Å²) in [5.74, 6) is 0.534. The number of hydrogen-bond acceptors (Lipinski definition) is 4. The van der Waals surface area contributed by atoms with Crippen LogP contribution in [-0.4, -0.2) is 29.0 Å². The largest absolute Gasteiger partial charge is 0.352 e. The third kappa shape index (κ3) is 2.93. The van der Waals surface area contributed by atoms with Gasteiger partial charge in [0, 0.05) is 31.2 Å². The number of para-hydroxylation sites is 1. The molecule has 0 spiro atoms. The van der Waals surface area contributed by atoms with Gasteiger partial charge in [0.1, 0.15) is 0 Å². The van der Waals surface area contributed by atoms with E-state index >= 15 is 0 Å². The highest BCUT2D eigenvalue weighted by atomic mass is 16.1. The van der Waals surface area contributed by atoms with Gasteiger partial charge in [0.05, 0.1) is 5.56 Å². The van der Waals surface area contributed by atoms with Crippen LogP contribution >= 0.6 is 0 Å². The molecule has 0 saturated carbocycles. The van der Waals surface area contributed by atoms with Gasteiger partial charge in [0.25, 0.3) is 5.91 Å². The highest BCUT2D eigenvalue weighted by Gasteiger charge is 2.19. The van der Waals surface area contributed by atoms with E-state index in [0.717, 1.165) is 31.5 Å². The standard InChI is InChI=1S/C17H20N4O/c1-2-9-18-16(22)14-11-19-17(20-12-14)21-10-5-7-13-6-3-4-8-15(13)21/h3-4,6,8,11-12H,2,5,7,9-10H2,1H3,(H,18,22). The first-order chi connectivity index (χ1) is 10.8. The Hall–Kier alpha value is -2.43. The average Bonchev–Trinajstić information content (AvgIpc) is 2.59. The van der Waals surface area contributed by atoms with Crippen LogP contribution in [0.25, 0.3) is 0 Å². The van der Waals surface area contributed by atoms with E-state index in [1.54, 1.807) is 12.4 Å². The maximum Gasteiger partial charge on any atom is 0.254 e. The molecule has 0 bridgehead atoms. The van der Waals surface area contributed by atoms with Gasteiger partial charge in [-0.05, 0) is 30.9 Å². The number of nitrogens with zero attached hydrogens (tertiary/aromatic N) is 3. The second-order valence-corrected chi connectivity index (χ2v) is 5.41. The molecule has 1 aromatic carbocycles. The Morgan fingerprint density at radius 1 is 1.27 bits per heavy atom. The van der Waals surface area contributed by atoms with Gasteiger partial charge in [-0.3, -0.25) is 4.79 Å². The highest BCUT2D eigenvalue weighted by molar-refractivity contribution is 5.93. The average molecular weight is 296 g/mol. The van der Waals surface area contributed by atoms with Gasteiger partial charge >= 0.3 is 0 Å². The van der Waals surface area contributed by atoms with Crippen molar-refractivity contribution in [1.29, 1.82) is 0 Å². The van der Waals surface area contributed by atoms with Crippen LogP contribution in [0.15, 0.2) is 36.7 Å². The summed E-state index contributed by atoms with van der Waals surface area (Å²) >= 11 is 0. The molecule has 114 valence electrons. The minimum atomic E-state index is -0.118. The number of aromatic nitrogens is 2. The van der Waals surface area contributed by atoms with Crippen molar-refractivity contribution in [3.8, 4) is 0 Å². The molecule has 1 N–H and O–H groups in total. The number of amides is 1. The molecule has 0 saturated heterocycles. The Balaban J connectivity index is 1.81. The Labute approximate surface area is 130 Å². The van der Waals surface area contributed by atoms with E-state index in [1.165, 1.54) is 5.56 Å². The number of rotatable bonds is 4. The molecule has 1 aliphatic rings. The SMILES string of the molecule is CCCNC(=O)c1cnc(N2CCCc3ccccc32)nc1. The van der Waals surface area contributed by atoms with Gasteiger partial charge in [0.15, 0.2) is 0 Å². The summed E-state index contributed by atoms with van der Waals surface area (Å²) in [4.78, 5) is 22.8. The zero-order chi connectivity index (χ0) is 15.4. The summed E-state index contributed by atoms with van der Waals surface area (Å²) < 4.78 is 0. The third-order valence-electron chi connectivity index (χ3n) is 3.79. The molecule has 0 radical (unpaired) electrons. The summed E-state index contributed by atoms with van der Waals surface area (Å²) in [5.41, 5.74) is 2.99. The van der Waals surface area contributed by atoms with Crippen LogP contribution in [-0.2, 0) is 6.42 Å². The predicted octanol–water partition coefficient (Wildman–Crippen LogP) is 2.70. The Bertz CT molecular complexity index is 654. The molecule has 1 aliphatic heterocycles. The van der Waals surface area contributed by atoms with Gasteiger partial charge in [-0.1, -0.05) is 25.1 Å². The van der Waals surface area contributed by atoms with Crippen molar-refractivity contribution in [2.24, 2.45) is 0 Å². The number of fused-ring (bicyclic) bond motifs is 1. The predicted molar refractivity (Wildman–Crippen MR) is 86.4 cm³/mol. The van der Waals surface area contributed by atoms with Gasteiger partial charge < -0.3 is 10.2 Å². The first kappa shape index (κ1) is 14.5. The number of anilines is 2. The topological polar surface area (TPSA) is 58.1 Å². The van der Waals surface area contributed by atoms with Crippen LogP contribution < -0.4 is 10.2 Å². The lowest BCUT2D eigenvalue weighted by Gasteiger charge is -2.29. The van der Waals surface area contributed by atoms with Crippen LogP contribution in [0, 0.1) is 0 Å². The quantitative estimate of drug-likeness (QED) is 0.942. The van der Waals surface area contributed by atoms with E-state index in [-0.39, 0.29) is 5.91 Å². The Kier molecular flexibility index (Phi) is 4.32. The molecular formula is C17H20N4O. The van der Waals surface area contributed by atoms with E-state index in [4.69, 9.17) is 0 Å². The van der Waals surface area contributed by atoms with Gasteiger partial charge in [-0.25, -0.2) is 9.97 Å². The van der Waals surface area contributed by atoms with Gasteiger partial charge in [-0.15, -0.1) is 0 Å². The third-order valence-corrected chi connectivity index (χ3v) is 3.79. The van der Waals surface area contributed by atoms with Crippen molar-refractivity contribution in [3.63, 3.8) is 0 Å². The number of carbonyl (C=O) groups is 1. The normalized spacial score (nSPS) is 13.6. The monoisotopic (exact) mass is 296 g/mol. The van der Waals surface area contributed by atoms with Crippen LogP contribution in [0.4, 0.5) is 11.6 Å². The van der Waals surface area contributed by atoms with Crippen LogP contribution in [0.1, 0.15) is 35.7 Å². The van der Waals surface area contributed by atoms with Crippen molar-refractivity contribution in [3.05, 3.63) is 47.8 Å². The molecule has 0 atom stereocenters. The van der Waals surface area contributed by atoms with Crippen molar-refractivity contribution < 1.29 is 4.79 Å². The van der Waals surface area contributed by atoms with E-state index in [2.05, 4.69) is 38.4 Å². The van der Waals surface area contributed by atoms with Gasteiger partial charge in [0.2, 0.25) is 5.95 Å². The lowest BCUT2D eigenvalue weighted by atomic mass is 10.0. The van der Waals surface area contributed by atoms with Crippen molar-refractivity contribution >= 4 is 17.5 Å². The number of nitrogens with one attached hydrogen (secondary N) is 1. The smallest absolute Gasteiger partial charge is 0.254 e. The molecule has 3 rings (SSSR count). The zero-order valence-corrected chi connectivity index (χ0v) is 12.7. The first-order valence-electron chi connectivity index (χ1n) is 7.75. The molecule has 22 heavy (non-hydrogen) atoms.